The van der Waals surface area contributed by atoms with Gasteiger partial charge in [0, 0.05) is 31.6 Å². The maximum atomic E-state index is 12.6. The van der Waals surface area contributed by atoms with E-state index in [9.17, 15) is 9.59 Å². The summed E-state index contributed by atoms with van der Waals surface area (Å²) in [6.07, 6.45) is 6.45. The summed E-state index contributed by atoms with van der Waals surface area (Å²) in [6, 6.07) is 0.871. The molecule has 7 atom stereocenters. The number of carbonyl (C=O) groups is 2. The number of hydrogen-bond acceptors (Lipinski definition) is 2. The summed E-state index contributed by atoms with van der Waals surface area (Å²) >= 11 is 0. The predicted octanol–water partition coefficient (Wildman–Crippen LogP) is 1.34. The Morgan fingerprint density at radius 3 is 2.82 bits per heavy atom. The molecule has 2 heterocycles. The van der Waals surface area contributed by atoms with Crippen molar-refractivity contribution in [2.45, 2.75) is 50.6 Å². The van der Waals surface area contributed by atoms with E-state index in [0.29, 0.717) is 24.4 Å². The molecule has 5 aliphatic rings. The SMILES string of the molecule is O=C1CCC2CN(C(=O)NC3CC4CC3C3CC43)CCC2N1. The molecule has 2 aliphatic heterocycles. The lowest BCUT2D eigenvalue weighted by atomic mass is 9.85. The smallest absolute Gasteiger partial charge is 0.317 e. The number of carbonyl (C=O) groups excluding carboxylic acids is 2. The van der Waals surface area contributed by atoms with Gasteiger partial charge in [0.15, 0.2) is 0 Å². The standard InChI is InChI=1S/C17H25N3O2/c21-16-2-1-9-8-20(4-3-14(9)18-16)17(22)19-15-6-10-5-13(15)12-7-11(10)12/h9-15H,1-8H2,(H,18,21)(H,19,22). The zero-order valence-electron chi connectivity index (χ0n) is 13.0. The van der Waals surface area contributed by atoms with Gasteiger partial charge in [0.25, 0.3) is 0 Å². The maximum Gasteiger partial charge on any atom is 0.317 e. The molecule has 2 N–H and O–H groups in total. The Balaban J connectivity index is 1.19. The predicted molar refractivity (Wildman–Crippen MR) is 81.0 cm³/mol. The highest BCUT2D eigenvalue weighted by Gasteiger charge is 2.61. The van der Waals surface area contributed by atoms with Crippen LogP contribution in [0.1, 0.15) is 38.5 Å². The third-order valence-corrected chi connectivity index (χ3v) is 7.11. The summed E-state index contributed by atoms with van der Waals surface area (Å²) in [5.74, 6) is 4.25. The fraction of sp³-hybridized carbons (Fsp3) is 0.882. The summed E-state index contributed by atoms with van der Waals surface area (Å²) < 4.78 is 0. The van der Waals surface area contributed by atoms with Crippen molar-refractivity contribution in [1.29, 1.82) is 0 Å². The Labute approximate surface area is 131 Å². The highest BCUT2D eigenvalue weighted by Crippen LogP contribution is 2.65. The number of nitrogens with one attached hydrogen (secondary N) is 2. The van der Waals surface area contributed by atoms with E-state index in [1.165, 1.54) is 19.3 Å². The first-order valence-electron chi connectivity index (χ1n) is 9.04. The minimum atomic E-state index is 0.144. The molecule has 5 fully saturated rings. The van der Waals surface area contributed by atoms with Crippen molar-refractivity contribution in [3.8, 4) is 0 Å². The molecule has 0 aromatic heterocycles. The second-order valence-electron chi connectivity index (χ2n) is 8.22. The molecule has 3 saturated carbocycles. The second-order valence-corrected chi connectivity index (χ2v) is 8.22. The minimum absolute atomic E-state index is 0.144. The molecule has 0 spiro atoms. The lowest BCUT2D eigenvalue weighted by Gasteiger charge is -2.41. The van der Waals surface area contributed by atoms with Crippen LogP contribution < -0.4 is 10.6 Å². The van der Waals surface area contributed by atoms with Crippen LogP contribution in [0.3, 0.4) is 0 Å². The molecule has 0 aromatic rings. The number of urea groups is 1. The fourth-order valence-electron chi connectivity index (χ4n) is 5.91. The van der Waals surface area contributed by atoms with Gasteiger partial charge in [-0.05, 0) is 61.7 Å². The van der Waals surface area contributed by atoms with Gasteiger partial charge in [-0.3, -0.25) is 4.79 Å². The van der Waals surface area contributed by atoms with Gasteiger partial charge in [-0.25, -0.2) is 4.79 Å². The van der Waals surface area contributed by atoms with Crippen molar-refractivity contribution < 1.29 is 9.59 Å². The Hall–Kier alpha value is -1.26. The molecule has 2 bridgehead atoms. The van der Waals surface area contributed by atoms with E-state index >= 15 is 0 Å². The largest absolute Gasteiger partial charge is 0.353 e. The first-order valence-corrected chi connectivity index (χ1v) is 9.04. The van der Waals surface area contributed by atoms with Crippen LogP contribution in [-0.2, 0) is 4.79 Å². The van der Waals surface area contributed by atoms with Gasteiger partial charge in [-0.15, -0.1) is 0 Å². The number of likely N-dealkylation sites (tertiary alicyclic amines) is 1. The average Bonchev–Trinajstić information content (AvgIpc) is 3.13. The molecule has 2 saturated heterocycles. The third kappa shape index (κ3) is 1.97. The van der Waals surface area contributed by atoms with Gasteiger partial charge in [-0.1, -0.05) is 0 Å². The molecule has 0 radical (unpaired) electrons. The van der Waals surface area contributed by atoms with E-state index in [1.807, 2.05) is 4.90 Å². The summed E-state index contributed by atoms with van der Waals surface area (Å²) in [6.45, 7) is 1.59. The number of fused-ring (bicyclic) bond motifs is 6. The van der Waals surface area contributed by atoms with Crippen molar-refractivity contribution >= 4 is 11.9 Å². The molecule has 0 aromatic carbocycles. The van der Waals surface area contributed by atoms with Crippen LogP contribution in [0, 0.1) is 29.6 Å². The lowest BCUT2D eigenvalue weighted by molar-refractivity contribution is -0.125. The van der Waals surface area contributed by atoms with Gasteiger partial charge in [0.05, 0.1) is 0 Å². The van der Waals surface area contributed by atoms with E-state index in [1.54, 1.807) is 0 Å². The van der Waals surface area contributed by atoms with E-state index in [0.717, 1.165) is 49.6 Å². The van der Waals surface area contributed by atoms with E-state index in [-0.39, 0.29) is 11.9 Å². The molecular weight excluding hydrogens is 278 g/mol. The van der Waals surface area contributed by atoms with Gasteiger partial charge in [0.1, 0.15) is 0 Å². The molecule has 7 unspecified atom stereocenters. The van der Waals surface area contributed by atoms with Crippen LogP contribution in [0.4, 0.5) is 4.79 Å². The van der Waals surface area contributed by atoms with Gasteiger partial charge >= 0.3 is 6.03 Å². The molecular formula is C17H25N3O2. The van der Waals surface area contributed by atoms with Crippen molar-refractivity contribution in [1.82, 2.24) is 15.5 Å². The Morgan fingerprint density at radius 2 is 2.00 bits per heavy atom. The molecule has 22 heavy (non-hydrogen) atoms. The monoisotopic (exact) mass is 303 g/mol. The topological polar surface area (TPSA) is 61.4 Å². The van der Waals surface area contributed by atoms with E-state index in [2.05, 4.69) is 10.6 Å². The maximum absolute atomic E-state index is 12.6. The Kier molecular flexibility index (Phi) is 2.77. The van der Waals surface area contributed by atoms with Crippen LogP contribution >= 0.6 is 0 Å². The number of hydrogen-bond donors (Lipinski definition) is 2. The van der Waals surface area contributed by atoms with Crippen molar-refractivity contribution in [2.24, 2.45) is 29.6 Å². The quantitative estimate of drug-likeness (QED) is 0.768. The molecule has 120 valence electrons. The zero-order chi connectivity index (χ0) is 14.8. The van der Waals surface area contributed by atoms with Gasteiger partial charge in [0.2, 0.25) is 5.91 Å². The highest BCUT2D eigenvalue weighted by atomic mass is 16.2. The highest BCUT2D eigenvalue weighted by molar-refractivity contribution is 5.78. The van der Waals surface area contributed by atoms with Crippen LogP contribution in [0.5, 0.6) is 0 Å². The number of piperidine rings is 2. The van der Waals surface area contributed by atoms with Gasteiger partial charge in [-0.2, -0.15) is 0 Å². The fourth-order valence-corrected chi connectivity index (χ4v) is 5.91. The lowest BCUT2D eigenvalue weighted by Crippen LogP contribution is -2.57. The average molecular weight is 303 g/mol. The van der Waals surface area contributed by atoms with Crippen LogP contribution in [-0.4, -0.2) is 42.0 Å². The zero-order valence-corrected chi connectivity index (χ0v) is 13.0. The number of rotatable bonds is 1. The molecule has 5 rings (SSSR count). The van der Waals surface area contributed by atoms with E-state index in [4.69, 9.17) is 0 Å². The number of amides is 3. The van der Waals surface area contributed by atoms with Gasteiger partial charge < -0.3 is 15.5 Å². The van der Waals surface area contributed by atoms with E-state index < -0.39 is 0 Å². The van der Waals surface area contributed by atoms with Crippen LogP contribution in [0.15, 0.2) is 0 Å². The minimum Gasteiger partial charge on any atom is -0.353 e. The first-order chi connectivity index (χ1) is 10.7. The van der Waals surface area contributed by atoms with Crippen molar-refractivity contribution in [3.05, 3.63) is 0 Å². The summed E-state index contributed by atoms with van der Waals surface area (Å²) in [7, 11) is 0. The molecule has 3 aliphatic carbocycles. The summed E-state index contributed by atoms with van der Waals surface area (Å²) in [4.78, 5) is 26.1. The Morgan fingerprint density at radius 1 is 1.09 bits per heavy atom. The molecule has 3 amide bonds. The molecule has 5 nitrogen and oxygen atoms in total. The summed E-state index contributed by atoms with van der Waals surface area (Å²) in [5.41, 5.74) is 0. The van der Waals surface area contributed by atoms with Crippen molar-refractivity contribution in [2.75, 3.05) is 13.1 Å². The summed E-state index contributed by atoms with van der Waals surface area (Å²) in [5, 5.41) is 6.43. The first kappa shape index (κ1) is 13.2. The molecule has 5 heteroatoms. The second kappa shape index (κ2) is 4.62. The van der Waals surface area contributed by atoms with Crippen molar-refractivity contribution in [3.63, 3.8) is 0 Å². The third-order valence-electron chi connectivity index (χ3n) is 7.11. The normalized spacial score (nSPS) is 48.5. The van der Waals surface area contributed by atoms with Crippen LogP contribution in [0.25, 0.3) is 0 Å². The Bertz CT molecular complexity index is 522. The van der Waals surface area contributed by atoms with Crippen LogP contribution in [0.2, 0.25) is 0 Å². The number of nitrogens with zero attached hydrogens (tertiary/aromatic N) is 1.